The molecular weight excluding hydrogens is 308 g/mol. The van der Waals surface area contributed by atoms with Gasteiger partial charge in [-0.05, 0) is 54.2 Å². The number of aromatic nitrogens is 1. The highest BCUT2D eigenvalue weighted by molar-refractivity contribution is 6.30. The zero-order valence-corrected chi connectivity index (χ0v) is 14.4. The van der Waals surface area contributed by atoms with Crippen LogP contribution in [-0.4, -0.2) is 17.4 Å². The Labute approximate surface area is 143 Å². The maximum absolute atomic E-state index is 12.7. The highest BCUT2D eigenvalue weighted by Crippen LogP contribution is 2.23. The van der Waals surface area contributed by atoms with Crippen LogP contribution in [0.3, 0.4) is 0 Å². The normalized spacial score (nSPS) is 12.2. The molecule has 1 aromatic carbocycles. The first-order chi connectivity index (χ1) is 11.1. The second-order valence-electron chi connectivity index (χ2n) is 6.14. The molecule has 4 heteroatoms. The topological polar surface area (TPSA) is 42.0 Å². The largest absolute Gasteiger partial charge is 0.356 e. The first-order valence-corrected chi connectivity index (χ1v) is 8.36. The standard InChI is InChI=1S/C19H23ClN2O/c1-14(2)7-12-22-19(23)18(13-15-8-10-21-11-9-15)16-3-5-17(20)6-4-16/h3-6,8-11,14,18H,7,12-13H2,1-2H3,(H,22,23). The van der Waals surface area contributed by atoms with Gasteiger partial charge < -0.3 is 5.32 Å². The van der Waals surface area contributed by atoms with Crippen LogP contribution in [0.4, 0.5) is 0 Å². The molecule has 2 rings (SSSR count). The van der Waals surface area contributed by atoms with E-state index >= 15 is 0 Å². The lowest BCUT2D eigenvalue weighted by Gasteiger charge is -2.18. The molecule has 0 spiro atoms. The van der Waals surface area contributed by atoms with Crippen molar-refractivity contribution in [3.8, 4) is 0 Å². The second kappa shape index (κ2) is 8.68. The van der Waals surface area contributed by atoms with E-state index in [2.05, 4.69) is 24.1 Å². The van der Waals surface area contributed by atoms with Gasteiger partial charge in [0, 0.05) is 24.0 Å². The summed E-state index contributed by atoms with van der Waals surface area (Å²) < 4.78 is 0. The average Bonchev–Trinajstić information content (AvgIpc) is 2.54. The number of carbonyl (C=O) groups is 1. The summed E-state index contributed by atoms with van der Waals surface area (Å²) in [6.07, 6.45) is 5.14. The molecule has 0 saturated carbocycles. The number of nitrogens with one attached hydrogen (secondary N) is 1. The number of carbonyl (C=O) groups excluding carboxylic acids is 1. The Morgan fingerprint density at radius 3 is 2.39 bits per heavy atom. The van der Waals surface area contributed by atoms with Gasteiger partial charge in [0.2, 0.25) is 5.91 Å². The molecular formula is C19H23ClN2O. The fourth-order valence-electron chi connectivity index (χ4n) is 2.42. The zero-order valence-electron chi connectivity index (χ0n) is 13.6. The lowest BCUT2D eigenvalue weighted by molar-refractivity contribution is -0.122. The van der Waals surface area contributed by atoms with Crippen LogP contribution in [0.5, 0.6) is 0 Å². The van der Waals surface area contributed by atoms with E-state index in [1.54, 1.807) is 12.4 Å². The third kappa shape index (κ3) is 5.68. The lowest BCUT2D eigenvalue weighted by atomic mass is 9.91. The highest BCUT2D eigenvalue weighted by Gasteiger charge is 2.21. The molecule has 0 fully saturated rings. The molecule has 0 radical (unpaired) electrons. The number of pyridine rings is 1. The quantitative estimate of drug-likeness (QED) is 0.825. The van der Waals surface area contributed by atoms with Gasteiger partial charge in [-0.2, -0.15) is 0 Å². The molecule has 0 bridgehead atoms. The Morgan fingerprint density at radius 2 is 1.78 bits per heavy atom. The molecule has 122 valence electrons. The summed E-state index contributed by atoms with van der Waals surface area (Å²) in [4.78, 5) is 16.7. The van der Waals surface area contributed by atoms with Crippen molar-refractivity contribution in [2.24, 2.45) is 5.92 Å². The van der Waals surface area contributed by atoms with Crippen LogP contribution in [0.25, 0.3) is 0 Å². The van der Waals surface area contributed by atoms with E-state index in [4.69, 9.17) is 11.6 Å². The van der Waals surface area contributed by atoms with E-state index in [0.29, 0.717) is 23.9 Å². The van der Waals surface area contributed by atoms with E-state index in [1.165, 1.54) is 0 Å². The van der Waals surface area contributed by atoms with Crippen LogP contribution in [0.15, 0.2) is 48.8 Å². The number of rotatable bonds is 7. The second-order valence-corrected chi connectivity index (χ2v) is 6.57. The number of hydrogen-bond acceptors (Lipinski definition) is 2. The maximum atomic E-state index is 12.7. The summed E-state index contributed by atoms with van der Waals surface area (Å²) in [6, 6.07) is 11.4. The number of benzene rings is 1. The van der Waals surface area contributed by atoms with Gasteiger partial charge in [0.05, 0.1) is 5.92 Å². The van der Waals surface area contributed by atoms with Crippen LogP contribution in [0.1, 0.15) is 37.3 Å². The molecule has 3 nitrogen and oxygen atoms in total. The van der Waals surface area contributed by atoms with Crippen molar-refractivity contribution in [3.05, 3.63) is 64.9 Å². The van der Waals surface area contributed by atoms with Crippen LogP contribution >= 0.6 is 11.6 Å². The van der Waals surface area contributed by atoms with Crippen molar-refractivity contribution in [3.63, 3.8) is 0 Å². The van der Waals surface area contributed by atoms with Crippen LogP contribution in [0, 0.1) is 5.92 Å². The SMILES string of the molecule is CC(C)CCNC(=O)C(Cc1ccncc1)c1ccc(Cl)cc1. The zero-order chi connectivity index (χ0) is 16.7. The molecule has 2 aromatic rings. The van der Waals surface area contributed by atoms with Gasteiger partial charge in [-0.3, -0.25) is 9.78 Å². The Hall–Kier alpha value is -1.87. The van der Waals surface area contributed by atoms with Gasteiger partial charge in [0.1, 0.15) is 0 Å². The maximum Gasteiger partial charge on any atom is 0.227 e. The van der Waals surface area contributed by atoms with Gasteiger partial charge in [0.25, 0.3) is 0 Å². The van der Waals surface area contributed by atoms with Crippen molar-refractivity contribution >= 4 is 17.5 Å². The first-order valence-electron chi connectivity index (χ1n) is 7.98. The predicted molar refractivity (Wildman–Crippen MR) is 94.6 cm³/mol. The summed E-state index contributed by atoms with van der Waals surface area (Å²) in [5, 5.41) is 3.74. The number of hydrogen-bond donors (Lipinski definition) is 1. The molecule has 1 aromatic heterocycles. The van der Waals surface area contributed by atoms with Gasteiger partial charge in [-0.25, -0.2) is 0 Å². The number of amides is 1. The fraction of sp³-hybridized carbons (Fsp3) is 0.368. The molecule has 1 heterocycles. The summed E-state index contributed by atoms with van der Waals surface area (Å²) in [5.41, 5.74) is 2.08. The van der Waals surface area contributed by atoms with Crippen molar-refractivity contribution in [1.29, 1.82) is 0 Å². The minimum atomic E-state index is -0.221. The van der Waals surface area contributed by atoms with Crippen LogP contribution in [0.2, 0.25) is 5.02 Å². The minimum Gasteiger partial charge on any atom is -0.356 e. The molecule has 1 amide bonds. The third-order valence-electron chi connectivity index (χ3n) is 3.80. The monoisotopic (exact) mass is 330 g/mol. The molecule has 23 heavy (non-hydrogen) atoms. The predicted octanol–water partition coefficient (Wildman–Crippen LogP) is 4.22. The average molecular weight is 331 g/mol. The van der Waals surface area contributed by atoms with Crippen molar-refractivity contribution < 1.29 is 4.79 Å². The Kier molecular flexibility index (Phi) is 6.60. The van der Waals surface area contributed by atoms with Gasteiger partial charge in [-0.15, -0.1) is 0 Å². The van der Waals surface area contributed by atoms with E-state index in [-0.39, 0.29) is 11.8 Å². The Bertz CT molecular complexity index is 611. The van der Waals surface area contributed by atoms with Crippen molar-refractivity contribution in [2.75, 3.05) is 6.54 Å². The van der Waals surface area contributed by atoms with E-state index in [0.717, 1.165) is 17.5 Å². The number of nitrogens with zero attached hydrogens (tertiary/aromatic N) is 1. The lowest BCUT2D eigenvalue weighted by Crippen LogP contribution is -2.31. The first kappa shape index (κ1) is 17.5. The summed E-state index contributed by atoms with van der Waals surface area (Å²) in [5.74, 6) is 0.413. The summed E-state index contributed by atoms with van der Waals surface area (Å²) in [6.45, 7) is 5.01. The Morgan fingerprint density at radius 1 is 1.13 bits per heavy atom. The number of halogens is 1. The highest BCUT2D eigenvalue weighted by atomic mass is 35.5. The molecule has 0 aliphatic heterocycles. The van der Waals surface area contributed by atoms with Gasteiger partial charge in [-0.1, -0.05) is 37.6 Å². The summed E-state index contributed by atoms with van der Waals surface area (Å²) >= 11 is 5.97. The Balaban J connectivity index is 2.13. The van der Waals surface area contributed by atoms with Gasteiger partial charge >= 0.3 is 0 Å². The minimum absolute atomic E-state index is 0.0600. The van der Waals surface area contributed by atoms with Crippen molar-refractivity contribution in [2.45, 2.75) is 32.6 Å². The molecule has 0 aliphatic rings. The smallest absolute Gasteiger partial charge is 0.227 e. The molecule has 1 atom stereocenters. The molecule has 0 saturated heterocycles. The van der Waals surface area contributed by atoms with Crippen LogP contribution < -0.4 is 5.32 Å². The van der Waals surface area contributed by atoms with Gasteiger partial charge in [0.15, 0.2) is 0 Å². The van der Waals surface area contributed by atoms with Crippen molar-refractivity contribution in [1.82, 2.24) is 10.3 Å². The van der Waals surface area contributed by atoms with E-state index in [9.17, 15) is 4.79 Å². The van der Waals surface area contributed by atoms with Crippen LogP contribution in [-0.2, 0) is 11.2 Å². The fourth-order valence-corrected chi connectivity index (χ4v) is 2.54. The molecule has 1 N–H and O–H groups in total. The van der Waals surface area contributed by atoms with E-state index < -0.39 is 0 Å². The molecule has 1 unspecified atom stereocenters. The molecule has 0 aliphatic carbocycles. The van der Waals surface area contributed by atoms with E-state index in [1.807, 2.05) is 36.4 Å². The summed E-state index contributed by atoms with van der Waals surface area (Å²) in [7, 11) is 0. The third-order valence-corrected chi connectivity index (χ3v) is 4.05.